The molecule has 1 aromatic carbocycles. The number of nitrogens with zero attached hydrogens (tertiary/aromatic N) is 1. The summed E-state index contributed by atoms with van der Waals surface area (Å²) in [7, 11) is -3.41. The van der Waals surface area contributed by atoms with E-state index in [-0.39, 0.29) is 24.1 Å². The highest BCUT2D eigenvalue weighted by molar-refractivity contribution is 7.92. The molecule has 6 nitrogen and oxygen atoms in total. The number of halogens is 1. The second-order valence-electron chi connectivity index (χ2n) is 6.60. The summed E-state index contributed by atoms with van der Waals surface area (Å²) in [5.41, 5.74) is 0.801. The van der Waals surface area contributed by atoms with Crippen LogP contribution in [-0.2, 0) is 10.0 Å². The molecule has 2 N–H and O–H groups in total. The maximum absolute atomic E-state index is 12.9. The van der Waals surface area contributed by atoms with Gasteiger partial charge in [0.15, 0.2) is 0 Å². The van der Waals surface area contributed by atoms with Crippen molar-refractivity contribution >= 4 is 34.0 Å². The Morgan fingerprint density at radius 2 is 1.80 bits per heavy atom. The van der Waals surface area contributed by atoms with E-state index in [0.29, 0.717) is 23.1 Å². The lowest BCUT2D eigenvalue weighted by molar-refractivity contribution is 0.0759. The molecule has 140 valence electrons. The molecule has 1 aromatic rings. The van der Waals surface area contributed by atoms with Gasteiger partial charge in [0.1, 0.15) is 0 Å². The molecule has 0 aromatic heterocycles. The van der Waals surface area contributed by atoms with Gasteiger partial charge in [0.25, 0.3) is 5.91 Å². The smallest absolute Gasteiger partial charge is 0.255 e. The van der Waals surface area contributed by atoms with Crippen molar-refractivity contribution in [2.24, 2.45) is 11.8 Å². The van der Waals surface area contributed by atoms with Crippen molar-refractivity contribution < 1.29 is 13.2 Å². The number of fused-ring (bicyclic) bond motifs is 1. The molecule has 2 atom stereocenters. The predicted molar refractivity (Wildman–Crippen MR) is 102 cm³/mol. The van der Waals surface area contributed by atoms with Crippen molar-refractivity contribution in [1.29, 1.82) is 0 Å². The zero-order valence-corrected chi connectivity index (χ0v) is 16.0. The van der Waals surface area contributed by atoms with Gasteiger partial charge in [-0.05, 0) is 56.8 Å². The third-order valence-corrected chi connectivity index (χ3v) is 6.40. The standard InChI is InChI=1S/C17H25N3O3S.ClH/c1-2-24(22,23)19-16-6-4-3-5-15(16)17(21)20-9-7-13-11-18-12-14(13)8-10-20;/h3-6,13-14,18-19H,2,7-12H2,1H3;1H/t13-,14+;. The van der Waals surface area contributed by atoms with E-state index in [9.17, 15) is 13.2 Å². The van der Waals surface area contributed by atoms with E-state index in [0.717, 1.165) is 39.0 Å². The Bertz CT molecular complexity index is 697. The Kier molecular flexibility index (Phi) is 6.71. The summed E-state index contributed by atoms with van der Waals surface area (Å²) in [5, 5.41) is 3.43. The van der Waals surface area contributed by atoms with Gasteiger partial charge in [0.05, 0.1) is 17.0 Å². The Hall–Kier alpha value is -1.31. The van der Waals surface area contributed by atoms with Crippen molar-refractivity contribution in [2.75, 3.05) is 36.7 Å². The lowest BCUT2D eigenvalue weighted by atomic mass is 9.92. The number of sulfonamides is 1. The predicted octanol–water partition coefficient (Wildman–Crippen LogP) is 1.94. The molecule has 2 aliphatic rings. The van der Waals surface area contributed by atoms with Crippen molar-refractivity contribution in [2.45, 2.75) is 19.8 Å². The van der Waals surface area contributed by atoms with Gasteiger partial charge in [-0.1, -0.05) is 12.1 Å². The number of hydrogen-bond acceptors (Lipinski definition) is 4. The van der Waals surface area contributed by atoms with Crippen LogP contribution in [0.2, 0.25) is 0 Å². The van der Waals surface area contributed by atoms with Crippen LogP contribution < -0.4 is 10.0 Å². The van der Waals surface area contributed by atoms with E-state index in [4.69, 9.17) is 0 Å². The molecule has 2 heterocycles. The van der Waals surface area contributed by atoms with Crippen LogP contribution in [0.4, 0.5) is 5.69 Å². The number of anilines is 1. The summed E-state index contributed by atoms with van der Waals surface area (Å²) < 4.78 is 26.3. The normalized spacial score (nSPS) is 23.3. The second kappa shape index (κ2) is 8.38. The van der Waals surface area contributed by atoms with E-state index in [2.05, 4.69) is 10.0 Å². The minimum atomic E-state index is -3.41. The maximum Gasteiger partial charge on any atom is 0.255 e. The van der Waals surface area contributed by atoms with Gasteiger partial charge >= 0.3 is 0 Å². The number of nitrogens with one attached hydrogen (secondary N) is 2. The highest BCUT2D eigenvalue weighted by atomic mass is 35.5. The molecule has 3 rings (SSSR count). The number of hydrogen-bond donors (Lipinski definition) is 2. The quantitative estimate of drug-likeness (QED) is 0.827. The first-order valence-electron chi connectivity index (χ1n) is 8.59. The fourth-order valence-electron chi connectivity index (χ4n) is 3.59. The van der Waals surface area contributed by atoms with Gasteiger partial charge in [-0.15, -0.1) is 12.4 Å². The van der Waals surface area contributed by atoms with Crippen molar-refractivity contribution in [3.05, 3.63) is 29.8 Å². The largest absolute Gasteiger partial charge is 0.339 e. The number of para-hydroxylation sites is 1. The topological polar surface area (TPSA) is 78.5 Å². The molecule has 2 aliphatic heterocycles. The minimum Gasteiger partial charge on any atom is -0.339 e. The number of carbonyl (C=O) groups excluding carboxylic acids is 1. The summed E-state index contributed by atoms with van der Waals surface area (Å²) in [6.45, 7) is 5.13. The van der Waals surface area contributed by atoms with Crippen LogP contribution in [0.15, 0.2) is 24.3 Å². The van der Waals surface area contributed by atoms with Crippen LogP contribution in [0, 0.1) is 11.8 Å². The molecule has 0 radical (unpaired) electrons. The van der Waals surface area contributed by atoms with Crippen LogP contribution >= 0.6 is 12.4 Å². The van der Waals surface area contributed by atoms with Gasteiger partial charge in [0, 0.05) is 13.1 Å². The summed E-state index contributed by atoms with van der Waals surface area (Å²) in [4.78, 5) is 14.8. The highest BCUT2D eigenvalue weighted by Gasteiger charge is 2.32. The molecule has 0 bridgehead atoms. The van der Waals surface area contributed by atoms with E-state index >= 15 is 0 Å². The van der Waals surface area contributed by atoms with Gasteiger partial charge < -0.3 is 10.2 Å². The monoisotopic (exact) mass is 387 g/mol. The zero-order valence-electron chi connectivity index (χ0n) is 14.4. The number of carbonyl (C=O) groups is 1. The van der Waals surface area contributed by atoms with E-state index in [1.807, 2.05) is 4.90 Å². The molecule has 0 unspecified atom stereocenters. The van der Waals surface area contributed by atoms with Gasteiger partial charge in [-0.25, -0.2) is 8.42 Å². The van der Waals surface area contributed by atoms with Crippen LogP contribution in [-0.4, -0.2) is 51.2 Å². The van der Waals surface area contributed by atoms with Crippen molar-refractivity contribution in [1.82, 2.24) is 10.2 Å². The summed E-state index contributed by atoms with van der Waals surface area (Å²) >= 11 is 0. The molecule has 8 heteroatoms. The van der Waals surface area contributed by atoms with Gasteiger partial charge in [-0.3, -0.25) is 9.52 Å². The third-order valence-electron chi connectivity index (χ3n) is 5.11. The number of rotatable bonds is 4. The second-order valence-corrected chi connectivity index (χ2v) is 8.61. The molecule has 2 saturated heterocycles. The lowest BCUT2D eigenvalue weighted by Gasteiger charge is -2.22. The fourth-order valence-corrected chi connectivity index (χ4v) is 4.25. The fraction of sp³-hybridized carbons (Fsp3) is 0.588. The molecule has 1 amide bonds. The van der Waals surface area contributed by atoms with Gasteiger partial charge in [-0.2, -0.15) is 0 Å². The average molecular weight is 388 g/mol. The van der Waals surface area contributed by atoms with Crippen LogP contribution in [0.5, 0.6) is 0 Å². The first kappa shape index (κ1) is 20.0. The minimum absolute atomic E-state index is 0. The van der Waals surface area contributed by atoms with Crippen LogP contribution in [0.1, 0.15) is 30.1 Å². The van der Waals surface area contributed by atoms with Crippen molar-refractivity contribution in [3.63, 3.8) is 0 Å². The third kappa shape index (κ3) is 4.65. The molecule has 0 aliphatic carbocycles. The average Bonchev–Trinajstić information content (AvgIpc) is 2.93. The zero-order chi connectivity index (χ0) is 17.2. The molecular formula is C17H26ClN3O3S. The lowest BCUT2D eigenvalue weighted by Crippen LogP contribution is -2.33. The van der Waals surface area contributed by atoms with E-state index in [1.54, 1.807) is 31.2 Å². The first-order chi connectivity index (χ1) is 11.5. The summed E-state index contributed by atoms with van der Waals surface area (Å²) in [6, 6.07) is 6.86. The van der Waals surface area contributed by atoms with E-state index in [1.165, 1.54) is 0 Å². The van der Waals surface area contributed by atoms with Gasteiger partial charge in [0.2, 0.25) is 10.0 Å². The first-order valence-corrected chi connectivity index (χ1v) is 10.2. The molecule has 0 saturated carbocycles. The number of amides is 1. The highest BCUT2D eigenvalue weighted by Crippen LogP contribution is 2.28. The Morgan fingerprint density at radius 1 is 1.20 bits per heavy atom. The SMILES string of the molecule is CCS(=O)(=O)Nc1ccccc1C(=O)N1CC[C@@H]2CNC[C@@H]2CC1.Cl. The van der Waals surface area contributed by atoms with Crippen LogP contribution in [0.3, 0.4) is 0 Å². The van der Waals surface area contributed by atoms with Crippen LogP contribution in [0.25, 0.3) is 0 Å². The molecule has 0 spiro atoms. The van der Waals surface area contributed by atoms with Crippen molar-refractivity contribution in [3.8, 4) is 0 Å². The van der Waals surface area contributed by atoms with E-state index < -0.39 is 10.0 Å². The molecule has 2 fully saturated rings. The maximum atomic E-state index is 12.9. The number of likely N-dealkylation sites (tertiary alicyclic amines) is 1. The molecular weight excluding hydrogens is 362 g/mol. The Morgan fingerprint density at radius 3 is 2.40 bits per heavy atom. The summed E-state index contributed by atoms with van der Waals surface area (Å²) in [6.07, 6.45) is 2.01. The Labute approximate surface area is 155 Å². The summed E-state index contributed by atoms with van der Waals surface area (Å²) in [5.74, 6) is 1.20. The Balaban J connectivity index is 0.00000225. The number of benzene rings is 1. The molecule has 25 heavy (non-hydrogen) atoms.